The van der Waals surface area contributed by atoms with Gasteiger partial charge in [0.15, 0.2) is 5.17 Å². The summed E-state index contributed by atoms with van der Waals surface area (Å²) < 4.78 is 18.5. The number of hydrogen-bond donors (Lipinski definition) is 1. The molecular formula is C20H22FN3O3S. The maximum absolute atomic E-state index is 13.5. The Morgan fingerprint density at radius 3 is 2.61 bits per heavy atom. The SMILES string of the molecule is CCNC(=O)CC1=CSC2=NC(CC)=C(C(=O)OC)[C@@H](c3ccc(F)cc3)N12. The zero-order valence-corrected chi connectivity index (χ0v) is 16.8. The van der Waals surface area contributed by atoms with Crippen LogP contribution in [0.2, 0.25) is 0 Å². The van der Waals surface area contributed by atoms with Crippen LogP contribution in [0.25, 0.3) is 0 Å². The Balaban J connectivity index is 2.09. The number of amidine groups is 1. The summed E-state index contributed by atoms with van der Waals surface area (Å²) in [4.78, 5) is 31.3. The molecule has 1 N–H and O–H groups in total. The number of fused-ring (bicyclic) bond motifs is 1. The summed E-state index contributed by atoms with van der Waals surface area (Å²) in [6.45, 7) is 4.31. The highest BCUT2D eigenvalue weighted by atomic mass is 32.2. The Morgan fingerprint density at radius 1 is 1.29 bits per heavy atom. The topological polar surface area (TPSA) is 71.0 Å². The number of thioether (sulfide) groups is 1. The predicted molar refractivity (Wildman–Crippen MR) is 107 cm³/mol. The van der Waals surface area contributed by atoms with Crippen LogP contribution >= 0.6 is 11.8 Å². The molecule has 0 saturated carbocycles. The van der Waals surface area contributed by atoms with Crippen molar-refractivity contribution in [2.24, 2.45) is 4.99 Å². The van der Waals surface area contributed by atoms with E-state index in [1.807, 2.05) is 24.2 Å². The van der Waals surface area contributed by atoms with E-state index >= 15 is 0 Å². The van der Waals surface area contributed by atoms with Gasteiger partial charge in [-0.05, 0) is 36.4 Å². The smallest absolute Gasteiger partial charge is 0.338 e. The molecule has 0 spiro atoms. The monoisotopic (exact) mass is 403 g/mol. The van der Waals surface area contributed by atoms with E-state index in [1.165, 1.54) is 31.0 Å². The predicted octanol–water partition coefficient (Wildman–Crippen LogP) is 3.49. The second kappa shape index (κ2) is 8.60. The molecule has 6 nitrogen and oxygen atoms in total. The first kappa shape index (κ1) is 20.1. The fourth-order valence-corrected chi connectivity index (χ4v) is 4.23. The fourth-order valence-electron chi connectivity index (χ4n) is 3.30. The van der Waals surface area contributed by atoms with Crippen LogP contribution in [0, 0.1) is 5.82 Å². The van der Waals surface area contributed by atoms with Gasteiger partial charge in [-0.3, -0.25) is 4.79 Å². The van der Waals surface area contributed by atoms with Gasteiger partial charge in [0.2, 0.25) is 5.91 Å². The van der Waals surface area contributed by atoms with Gasteiger partial charge in [0.25, 0.3) is 0 Å². The molecule has 1 aromatic rings. The molecule has 0 unspecified atom stereocenters. The minimum atomic E-state index is -0.536. The number of methoxy groups -OCH3 is 1. The van der Waals surface area contributed by atoms with Gasteiger partial charge in [-0.15, -0.1) is 0 Å². The summed E-state index contributed by atoms with van der Waals surface area (Å²) in [5.41, 5.74) is 2.50. The Morgan fingerprint density at radius 2 is 2.00 bits per heavy atom. The molecule has 0 aliphatic carbocycles. The van der Waals surface area contributed by atoms with Crippen molar-refractivity contribution in [3.05, 3.63) is 58.0 Å². The first-order valence-electron chi connectivity index (χ1n) is 9.07. The van der Waals surface area contributed by atoms with E-state index in [0.29, 0.717) is 29.4 Å². The number of benzene rings is 1. The second-order valence-corrected chi connectivity index (χ2v) is 7.12. The fraction of sp³-hybridized carbons (Fsp3) is 0.350. The van der Waals surface area contributed by atoms with Crippen molar-refractivity contribution in [2.75, 3.05) is 13.7 Å². The van der Waals surface area contributed by atoms with Gasteiger partial charge in [0.1, 0.15) is 5.82 Å². The Bertz CT molecular complexity index is 877. The lowest BCUT2D eigenvalue weighted by Crippen LogP contribution is -2.38. The van der Waals surface area contributed by atoms with Crippen molar-refractivity contribution in [3.8, 4) is 0 Å². The van der Waals surface area contributed by atoms with Crippen LogP contribution < -0.4 is 5.32 Å². The van der Waals surface area contributed by atoms with Crippen molar-refractivity contribution < 1.29 is 18.7 Å². The average molecular weight is 403 g/mol. The average Bonchev–Trinajstić information content (AvgIpc) is 3.09. The molecule has 0 radical (unpaired) electrons. The Labute approximate surface area is 167 Å². The number of carbonyl (C=O) groups excluding carboxylic acids is 2. The molecule has 0 aromatic heterocycles. The molecule has 0 fully saturated rings. The Kier molecular flexibility index (Phi) is 6.18. The summed E-state index contributed by atoms with van der Waals surface area (Å²) in [6.07, 6.45) is 0.707. The molecule has 2 aliphatic heterocycles. The summed E-state index contributed by atoms with van der Waals surface area (Å²) in [5, 5.41) is 5.35. The summed E-state index contributed by atoms with van der Waals surface area (Å²) in [6, 6.07) is 5.47. The number of halogens is 1. The largest absolute Gasteiger partial charge is 0.466 e. The van der Waals surface area contributed by atoms with Crippen molar-refractivity contribution in [3.63, 3.8) is 0 Å². The van der Waals surface area contributed by atoms with E-state index < -0.39 is 12.0 Å². The lowest BCUT2D eigenvalue weighted by Gasteiger charge is -2.36. The number of allylic oxidation sites excluding steroid dienone is 1. The number of nitrogens with zero attached hydrogens (tertiary/aromatic N) is 2. The summed E-state index contributed by atoms with van der Waals surface area (Å²) in [7, 11) is 1.33. The molecule has 1 aromatic carbocycles. The molecule has 1 atom stereocenters. The highest BCUT2D eigenvalue weighted by Gasteiger charge is 2.41. The normalized spacial score (nSPS) is 18.4. The lowest BCUT2D eigenvalue weighted by molar-refractivity contribution is -0.136. The first-order chi connectivity index (χ1) is 13.5. The third-order valence-electron chi connectivity index (χ3n) is 4.53. The van der Waals surface area contributed by atoms with Crippen LogP contribution in [-0.2, 0) is 14.3 Å². The van der Waals surface area contributed by atoms with Crippen LogP contribution in [0.3, 0.4) is 0 Å². The van der Waals surface area contributed by atoms with Crippen LogP contribution in [0.15, 0.2) is 51.6 Å². The highest BCUT2D eigenvalue weighted by molar-refractivity contribution is 8.16. The van der Waals surface area contributed by atoms with Crippen LogP contribution in [0.5, 0.6) is 0 Å². The number of rotatable bonds is 6. The van der Waals surface area contributed by atoms with Gasteiger partial charge in [0.05, 0.1) is 30.8 Å². The van der Waals surface area contributed by atoms with Crippen molar-refractivity contribution in [1.82, 2.24) is 10.2 Å². The molecule has 2 heterocycles. The number of amides is 1. The van der Waals surface area contributed by atoms with E-state index in [4.69, 9.17) is 4.74 Å². The number of hydrogen-bond acceptors (Lipinski definition) is 6. The zero-order valence-electron chi connectivity index (χ0n) is 16.0. The van der Waals surface area contributed by atoms with Gasteiger partial charge < -0.3 is 15.0 Å². The van der Waals surface area contributed by atoms with E-state index in [-0.39, 0.29) is 18.1 Å². The standard InChI is InChI=1S/C20H22FN3O3S/c1-4-15-17(19(26)27-3)18(12-6-8-13(21)9-7-12)24-14(10-16(25)22-5-2)11-28-20(24)23-15/h6-9,11,18H,4-5,10H2,1-3H3,(H,22,25)/t18-/m1/s1. The molecule has 8 heteroatoms. The third-order valence-corrected chi connectivity index (χ3v) is 5.42. The molecule has 1 amide bonds. The number of aliphatic imine (C=N–C) groups is 1. The van der Waals surface area contributed by atoms with Crippen LogP contribution in [0.4, 0.5) is 4.39 Å². The summed E-state index contributed by atoms with van der Waals surface area (Å²) >= 11 is 1.41. The lowest BCUT2D eigenvalue weighted by atomic mass is 9.93. The molecule has 0 bridgehead atoms. The summed E-state index contributed by atoms with van der Waals surface area (Å²) in [5.74, 6) is -0.955. The van der Waals surface area contributed by atoms with E-state index in [9.17, 15) is 14.0 Å². The van der Waals surface area contributed by atoms with Crippen LogP contribution in [0.1, 0.15) is 38.3 Å². The van der Waals surface area contributed by atoms with Crippen molar-refractivity contribution in [1.29, 1.82) is 0 Å². The molecule has 3 rings (SSSR count). The van der Waals surface area contributed by atoms with Gasteiger partial charge in [-0.2, -0.15) is 0 Å². The number of nitrogens with one attached hydrogen (secondary N) is 1. The van der Waals surface area contributed by atoms with Gasteiger partial charge in [0, 0.05) is 12.2 Å². The van der Waals surface area contributed by atoms with E-state index in [0.717, 1.165) is 11.3 Å². The number of esters is 1. The molecule has 2 aliphatic rings. The molecular weight excluding hydrogens is 381 g/mol. The van der Waals surface area contributed by atoms with Crippen LogP contribution in [-0.4, -0.2) is 35.6 Å². The maximum Gasteiger partial charge on any atom is 0.338 e. The zero-order chi connectivity index (χ0) is 20.3. The van der Waals surface area contributed by atoms with E-state index in [1.54, 1.807) is 12.1 Å². The van der Waals surface area contributed by atoms with Gasteiger partial charge >= 0.3 is 5.97 Å². The highest BCUT2D eigenvalue weighted by Crippen LogP contribution is 2.45. The van der Waals surface area contributed by atoms with Crippen molar-refractivity contribution >= 4 is 28.8 Å². The quantitative estimate of drug-likeness (QED) is 0.737. The first-order valence-corrected chi connectivity index (χ1v) is 9.95. The molecule has 148 valence electrons. The van der Waals surface area contributed by atoms with Crippen molar-refractivity contribution in [2.45, 2.75) is 32.7 Å². The Hall–Kier alpha value is -2.61. The molecule has 0 saturated heterocycles. The third kappa shape index (κ3) is 3.82. The number of carbonyl (C=O) groups is 2. The maximum atomic E-state index is 13.5. The minimum Gasteiger partial charge on any atom is -0.466 e. The number of ether oxygens (including phenoxy) is 1. The van der Waals surface area contributed by atoms with E-state index in [2.05, 4.69) is 10.3 Å². The molecule has 28 heavy (non-hydrogen) atoms. The second-order valence-electron chi connectivity index (χ2n) is 6.28. The minimum absolute atomic E-state index is 0.113. The van der Waals surface area contributed by atoms with Gasteiger partial charge in [-0.25, -0.2) is 14.2 Å². The van der Waals surface area contributed by atoms with Gasteiger partial charge in [-0.1, -0.05) is 30.8 Å².